The molecule has 1 aliphatic carbocycles. The zero-order chi connectivity index (χ0) is 20.4. The number of nitrogens with one attached hydrogen (secondary N) is 2. The van der Waals surface area contributed by atoms with Gasteiger partial charge in [-0.2, -0.15) is 5.10 Å². The third kappa shape index (κ3) is 3.74. The Kier molecular flexibility index (Phi) is 5.08. The number of hydrogen-bond donors (Lipinski definition) is 2. The van der Waals surface area contributed by atoms with Crippen LogP contribution in [0.4, 0.5) is 10.6 Å². The minimum Gasteiger partial charge on any atom is -0.323 e. The lowest BCUT2D eigenvalue weighted by molar-refractivity contribution is -0.133. The van der Waals surface area contributed by atoms with Crippen molar-refractivity contribution in [1.29, 1.82) is 0 Å². The van der Waals surface area contributed by atoms with Crippen LogP contribution in [0.3, 0.4) is 0 Å². The summed E-state index contributed by atoms with van der Waals surface area (Å²) in [5, 5.41) is 9.82. The fourth-order valence-electron chi connectivity index (χ4n) is 4.08. The first-order valence-corrected chi connectivity index (χ1v) is 10.0. The van der Waals surface area contributed by atoms with Crippen LogP contribution in [0, 0.1) is 0 Å². The summed E-state index contributed by atoms with van der Waals surface area (Å²) in [5.41, 5.74) is 1.53. The molecule has 1 spiro atoms. The number of rotatable bonds is 6. The number of aryl methyl sites for hydroxylation is 1. The lowest BCUT2D eigenvalue weighted by Gasteiger charge is -2.19. The molecule has 152 valence electrons. The summed E-state index contributed by atoms with van der Waals surface area (Å²) in [6, 6.07) is 9.45. The molecule has 1 aromatic heterocycles. The van der Waals surface area contributed by atoms with Crippen LogP contribution in [0.2, 0.25) is 0 Å². The molecule has 0 atom stereocenters. The molecule has 2 aliphatic rings. The van der Waals surface area contributed by atoms with Crippen LogP contribution in [0.1, 0.15) is 43.7 Å². The van der Waals surface area contributed by atoms with Gasteiger partial charge in [-0.15, -0.1) is 0 Å². The molecule has 1 aliphatic heterocycles. The highest BCUT2D eigenvalue weighted by molar-refractivity contribution is 6.10. The minimum atomic E-state index is -0.802. The summed E-state index contributed by atoms with van der Waals surface area (Å²) < 4.78 is 1.68. The monoisotopic (exact) mass is 395 g/mol. The van der Waals surface area contributed by atoms with Crippen LogP contribution in [-0.2, 0) is 22.6 Å². The zero-order valence-corrected chi connectivity index (χ0v) is 16.5. The molecule has 0 unspecified atom stereocenters. The summed E-state index contributed by atoms with van der Waals surface area (Å²) in [5.74, 6) is -0.191. The Labute approximate surface area is 169 Å². The quantitative estimate of drug-likeness (QED) is 0.734. The molecule has 1 saturated carbocycles. The minimum absolute atomic E-state index is 0.292. The van der Waals surface area contributed by atoms with E-state index in [1.54, 1.807) is 16.9 Å². The smallest absolute Gasteiger partial charge is 0.323 e. The normalized spacial score (nSPS) is 17.8. The summed E-state index contributed by atoms with van der Waals surface area (Å²) in [6.45, 7) is 2.32. The van der Waals surface area contributed by atoms with Gasteiger partial charge < -0.3 is 10.6 Å². The maximum absolute atomic E-state index is 12.7. The van der Waals surface area contributed by atoms with Gasteiger partial charge in [-0.25, -0.2) is 9.48 Å². The molecule has 1 aromatic carbocycles. The van der Waals surface area contributed by atoms with Gasteiger partial charge in [-0.1, -0.05) is 44.0 Å². The number of aromatic nitrogens is 2. The van der Waals surface area contributed by atoms with Crippen LogP contribution in [0.25, 0.3) is 0 Å². The molecule has 4 rings (SSSR count). The molecule has 2 heterocycles. The molecule has 0 bridgehead atoms. The van der Waals surface area contributed by atoms with Crippen LogP contribution < -0.4 is 10.6 Å². The maximum atomic E-state index is 12.7. The molecule has 1 saturated heterocycles. The molecule has 4 amide bonds. The van der Waals surface area contributed by atoms with Crippen molar-refractivity contribution in [1.82, 2.24) is 20.0 Å². The topological polar surface area (TPSA) is 96.3 Å². The zero-order valence-electron chi connectivity index (χ0n) is 16.5. The Morgan fingerprint density at radius 3 is 2.52 bits per heavy atom. The van der Waals surface area contributed by atoms with Gasteiger partial charge >= 0.3 is 6.03 Å². The lowest BCUT2D eigenvalue weighted by Crippen LogP contribution is -2.44. The van der Waals surface area contributed by atoms with Crippen LogP contribution >= 0.6 is 0 Å². The van der Waals surface area contributed by atoms with Gasteiger partial charge in [0.2, 0.25) is 5.91 Å². The van der Waals surface area contributed by atoms with Gasteiger partial charge in [0.15, 0.2) is 0 Å². The second-order valence-corrected chi connectivity index (χ2v) is 7.70. The number of carbonyl (C=O) groups is 3. The number of amides is 4. The molecular weight excluding hydrogens is 370 g/mol. The van der Waals surface area contributed by atoms with Gasteiger partial charge in [0, 0.05) is 6.07 Å². The summed E-state index contributed by atoms with van der Waals surface area (Å²) in [7, 11) is 0. The molecule has 2 N–H and O–H groups in total. The second kappa shape index (κ2) is 7.69. The number of carbonyl (C=O) groups excluding carboxylic acids is 3. The van der Waals surface area contributed by atoms with E-state index < -0.39 is 17.5 Å². The van der Waals surface area contributed by atoms with Gasteiger partial charge in [-0.05, 0) is 30.4 Å². The number of anilines is 1. The number of benzene rings is 1. The van der Waals surface area contributed by atoms with E-state index in [1.165, 1.54) is 5.56 Å². The SMILES string of the molecule is CCc1ccc(Cn2nccc2NC(=O)CN2C(=O)NC3(CCCC3)C2=O)cc1. The molecular formula is C21H25N5O3. The first kappa shape index (κ1) is 19.2. The predicted octanol–water partition coefficient (Wildman–Crippen LogP) is 2.30. The standard InChI is InChI=1S/C21H25N5O3/c1-2-15-5-7-16(8-6-15)13-26-17(9-12-22-26)23-18(27)14-25-19(28)21(24-20(25)29)10-3-4-11-21/h5-9,12H,2-4,10-11,13-14H2,1H3,(H,23,27)(H,24,29). The molecule has 8 nitrogen and oxygen atoms in total. The van der Waals surface area contributed by atoms with Gasteiger partial charge in [0.25, 0.3) is 5.91 Å². The third-order valence-corrected chi connectivity index (χ3v) is 5.75. The molecule has 2 fully saturated rings. The maximum Gasteiger partial charge on any atom is 0.325 e. The first-order chi connectivity index (χ1) is 14.0. The summed E-state index contributed by atoms with van der Waals surface area (Å²) in [6.07, 6.45) is 5.68. The highest BCUT2D eigenvalue weighted by Gasteiger charge is 2.52. The van der Waals surface area contributed by atoms with Gasteiger partial charge in [0.1, 0.15) is 17.9 Å². The summed E-state index contributed by atoms with van der Waals surface area (Å²) >= 11 is 0. The van der Waals surface area contributed by atoms with Crippen molar-refractivity contribution in [3.05, 3.63) is 47.7 Å². The Balaban J connectivity index is 1.40. The Bertz CT molecular complexity index is 928. The van der Waals surface area contributed by atoms with Crippen molar-refractivity contribution >= 4 is 23.7 Å². The molecule has 29 heavy (non-hydrogen) atoms. The average Bonchev–Trinajstić information content (AvgIpc) is 3.41. The second-order valence-electron chi connectivity index (χ2n) is 7.70. The summed E-state index contributed by atoms with van der Waals surface area (Å²) in [4.78, 5) is 38.5. The fraction of sp³-hybridized carbons (Fsp3) is 0.429. The van der Waals surface area contributed by atoms with E-state index in [4.69, 9.17) is 0 Å². The average molecular weight is 395 g/mol. The third-order valence-electron chi connectivity index (χ3n) is 5.75. The van der Waals surface area contributed by atoms with Crippen molar-refractivity contribution in [3.63, 3.8) is 0 Å². The van der Waals surface area contributed by atoms with Crippen molar-refractivity contribution in [3.8, 4) is 0 Å². The highest BCUT2D eigenvalue weighted by atomic mass is 16.2. The number of nitrogens with zero attached hydrogens (tertiary/aromatic N) is 3. The molecule has 2 aromatic rings. The number of imide groups is 1. The van der Waals surface area contributed by atoms with E-state index in [0.29, 0.717) is 25.2 Å². The van der Waals surface area contributed by atoms with E-state index in [1.807, 2.05) is 12.1 Å². The Morgan fingerprint density at radius 1 is 1.14 bits per heavy atom. The fourth-order valence-corrected chi connectivity index (χ4v) is 4.08. The van der Waals surface area contributed by atoms with E-state index in [0.717, 1.165) is 29.7 Å². The number of hydrogen-bond acceptors (Lipinski definition) is 4. The van der Waals surface area contributed by atoms with Crippen molar-refractivity contribution in [2.24, 2.45) is 0 Å². The van der Waals surface area contributed by atoms with E-state index in [9.17, 15) is 14.4 Å². The molecule has 0 radical (unpaired) electrons. The van der Waals surface area contributed by atoms with E-state index in [-0.39, 0.29) is 12.5 Å². The van der Waals surface area contributed by atoms with Gasteiger partial charge in [0.05, 0.1) is 12.7 Å². The molecule has 8 heteroatoms. The number of urea groups is 1. The van der Waals surface area contributed by atoms with Crippen LogP contribution in [0.15, 0.2) is 36.5 Å². The van der Waals surface area contributed by atoms with Crippen LogP contribution in [0.5, 0.6) is 0 Å². The largest absolute Gasteiger partial charge is 0.325 e. The Morgan fingerprint density at radius 2 is 1.83 bits per heavy atom. The van der Waals surface area contributed by atoms with Crippen molar-refractivity contribution in [2.75, 3.05) is 11.9 Å². The Hall–Kier alpha value is -3.16. The van der Waals surface area contributed by atoms with Gasteiger partial charge in [-0.3, -0.25) is 14.5 Å². The van der Waals surface area contributed by atoms with E-state index in [2.05, 4.69) is 34.8 Å². The highest BCUT2D eigenvalue weighted by Crippen LogP contribution is 2.34. The predicted molar refractivity (Wildman–Crippen MR) is 107 cm³/mol. The van der Waals surface area contributed by atoms with Crippen LogP contribution in [-0.4, -0.2) is 44.6 Å². The van der Waals surface area contributed by atoms with Crippen molar-refractivity contribution < 1.29 is 14.4 Å². The first-order valence-electron chi connectivity index (χ1n) is 10.0. The lowest BCUT2D eigenvalue weighted by atomic mass is 9.98. The van der Waals surface area contributed by atoms with E-state index >= 15 is 0 Å². The van der Waals surface area contributed by atoms with Crippen molar-refractivity contribution in [2.45, 2.75) is 51.1 Å².